The van der Waals surface area contributed by atoms with Crippen LogP contribution in [0.4, 0.5) is 11.4 Å². The maximum Gasteiger partial charge on any atom is 0.238 e. The van der Waals surface area contributed by atoms with Crippen molar-refractivity contribution in [3.63, 3.8) is 0 Å². The first-order valence-corrected chi connectivity index (χ1v) is 7.07. The Morgan fingerprint density at radius 1 is 1.50 bits per heavy atom. The number of amides is 1. The van der Waals surface area contributed by atoms with Crippen LogP contribution in [-0.4, -0.2) is 37.0 Å². The average molecular weight is 277 g/mol. The summed E-state index contributed by atoms with van der Waals surface area (Å²) in [6.07, 6.45) is 3.60. The second-order valence-corrected chi connectivity index (χ2v) is 5.32. The topological polar surface area (TPSA) is 67.6 Å². The summed E-state index contributed by atoms with van der Waals surface area (Å²) in [7, 11) is 1.57. The highest BCUT2D eigenvalue weighted by Crippen LogP contribution is 2.24. The number of nitrogen functional groups attached to an aromatic ring is 1. The van der Waals surface area contributed by atoms with E-state index in [-0.39, 0.29) is 5.91 Å². The van der Waals surface area contributed by atoms with E-state index in [1.54, 1.807) is 25.3 Å². The van der Waals surface area contributed by atoms with Crippen molar-refractivity contribution in [1.29, 1.82) is 0 Å². The number of likely N-dealkylation sites (tertiary alicyclic amines) is 1. The lowest BCUT2D eigenvalue weighted by Gasteiger charge is -2.32. The molecule has 0 radical (unpaired) electrons. The lowest BCUT2D eigenvalue weighted by atomic mass is 10.0. The number of benzene rings is 1. The number of rotatable bonds is 4. The van der Waals surface area contributed by atoms with E-state index in [4.69, 9.17) is 10.5 Å². The molecule has 5 heteroatoms. The zero-order valence-corrected chi connectivity index (χ0v) is 12.2. The maximum atomic E-state index is 12.1. The van der Waals surface area contributed by atoms with Crippen LogP contribution in [0, 0.1) is 0 Å². The number of nitrogens with zero attached hydrogens (tertiary/aromatic N) is 1. The van der Waals surface area contributed by atoms with Gasteiger partial charge in [-0.05, 0) is 44.5 Å². The van der Waals surface area contributed by atoms with Gasteiger partial charge in [0.1, 0.15) is 5.75 Å². The first kappa shape index (κ1) is 14.7. The van der Waals surface area contributed by atoms with Gasteiger partial charge in [0.15, 0.2) is 0 Å². The van der Waals surface area contributed by atoms with Gasteiger partial charge in [-0.3, -0.25) is 9.69 Å². The summed E-state index contributed by atoms with van der Waals surface area (Å²) in [5.41, 5.74) is 7.06. The van der Waals surface area contributed by atoms with Crippen LogP contribution in [0.25, 0.3) is 0 Å². The van der Waals surface area contributed by atoms with E-state index in [1.165, 1.54) is 19.3 Å². The van der Waals surface area contributed by atoms with Crippen molar-refractivity contribution in [3.8, 4) is 5.75 Å². The second kappa shape index (κ2) is 6.61. The molecule has 3 N–H and O–H groups in total. The van der Waals surface area contributed by atoms with Crippen LogP contribution in [0.1, 0.15) is 26.2 Å². The number of piperidine rings is 1. The quantitative estimate of drug-likeness (QED) is 0.827. The van der Waals surface area contributed by atoms with E-state index in [1.807, 2.05) is 0 Å². The number of nitrogens with one attached hydrogen (secondary N) is 1. The zero-order valence-electron chi connectivity index (χ0n) is 12.2. The molecule has 1 amide bonds. The number of nitrogens with two attached hydrogens (primary N) is 1. The zero-order chi connectivity index (χ0) is 14.5. The minimum absolute atomic E-state index is 0.00307. The van der Waals surface area contributed by atoms with Gasteiger partial charge in [-0.2, -0.15) is 0 Å². The van der Waals surface area contributed by atoms with Gasteiger partial charge in [-0.1, -0.05) is 6.42 Å². The predicted molar refractivity (Wildman–Crippen MR) is 80.9 cm³/mol. The number of carbonyl (C=O) groups excluding carboxylic acids is 1. The van der Waals surface area contributed by atoms with Crippen molar-refractivity contribution in [2.75, 3.05) is 31.2 Å². The summed E-state index contributed by atoms with van der Waals surface area (Å²) in [4.78, 5) is 14.3. The summed E-state index contributed by atoms with van der Waals surface area (Å²) in [5.74, 6) is 0.621. The fourth-order valence-electron chi connectivity index (χ4n) is 2.59. The average Bonchev–Trinajstić information content (AvgIpc) is 2.41. The SMILES string of the molecule is COc1ccc(NC(=O)CN2CCCCC2C)cc1N. The molecule has 0 aliphatic carbocycles. The Kier molecular flexibility index (Phi) is 4.84. The van der Waals surface area contributed by atoms with Crippen molar-refractivity contribution >= 4 is 17.3 Å². The van der Waals surface area contributed by atoms with Gasteiger partial charge >= 0.3 is 0 Å². The largest absolute Gasteiger partial charge is 0.495 e. The lowest BCUT2D eigenvalue weighted by molar-refractivity contribution is -0.118. The third-order valence-corrected chi connectivity index (χ3v) is 3.80. The van der Waals surface area contributed by atoms with E-state index in [9.17, 15) is 4.79 Å². The molecule has 1 aromatic carbocycles. The highest BCUT2D eigenvalue weighted by atomic mass is 16.5. The third-order valence-electron chi connectivity index (χ3n) is 3.80. The molecule has 1 atom stereocenters. The van der Waals surface area contributed by atoms with Gasteiger partial charge in [-0.15, -0.1) is 0 Å². The van der Waals surface area contributed by atoms with E-state index >= 15 is 0 Å². The Morgan fingerprint density at radius 3 is 2.95 bits per heavy atom. The van der Waals surface area contributed by atoms with Crippen molar-refractivity contribution in [2.45, 2.75) is 32.2 Å². The Labute approximate surface area is 120 Å². The first-order valence-electron chi connectivity index (χ1n) is 7.07. The second-order valence-electron chi connectivity index (χ2n) is 5.32. The van der Waals surface area contributed by atoms with Gasteiger partial charge in [0.05, 0.1) is 19.3 Å². The van der Waals surface area contributed by atoms with Gasteiger partial charge in [-0.25, -0.2) is 0 Å². The Hall–Kier alpha value is -1.75. The van der Waals surface area contributed by atoms with Crippen LogP contribution in [0.15, 0.2) is 18.2 Å². The number of hydrogen-bond donors (Lipinski definition) is 2. The summed E-state index contributed by atoms with van der Waals surface area (Å²) < 4.78 is 5.09. The summed E-state index contributed by atoms with van der Waals surface area (Å²) in [6, 6.07) is 5.76. The number of methoxy groups -OCH3 is 1. The van der Waals surface area contributed by atoms with Crippen molar-refractivity contribution in [1.82, 2.24) is 4.90 Å². The van der Waals surface area contributed by atoms with Crippen LogP contribution in [0.5, 0.6) is 5.75 Å². The number of ether oxygens (including phenoxy) is 1. The highest BCUT2D eigenvalue weighted by Gasteiger charge is 2.20. The molecule has 110 valence electrons. The molecule has 0 spiro atoms. The number of carbonyl (C=O) groups is 1. The summed E-state index contributed by atoms with van der Waals surface area (Å²) >= 11 is 0. The van der Waals surface area contributed by atoms with Crippen LogP contribution in [0.3, 0.4) is 0 Å². The van der Waals surface area contributed by atoms with Gasteiger partial charge < -0.3 is 15.8 Å². The van der Waals surface area contributed by atoms with Crippen LogP contribution < -0.4 is 15.8 Å². The highest BCUT2D eigenvalue weighted by molar-refractivity contribution is 5.93. The lowest BCUT2D eigenvalue weighted by Crippen LogP contribution is -2.42. The minimum atomic E-state index is 0.00307. The fraction of sp³-hybridized carbons (Fsp3) is 0.533. The number of anilines is 2. The number of hydrogen-bond acceptors (Lipinski definition) is 4. The smallest absolute Gasteiger partial charge is 0.238 e. The van der Waals surface area contributed by atoms with Gasteiger partial charge in [0.2, 0.25) is 5.91 Å². The normalized spacial score (nSPS) is 19.6. The standard InChI is InChI=1S/C15H23N3O2/c1-11-5-3-4-8-18(11)10-15(19)17-12-6-7-14(20-2)13(16)9-12/h6-7,9,11H,3-5,8,10,16H2,1-2H3,(H,17,19). The fourth-order valence-corrected chi connectivity index (χ4v) is 2.59. The molecule has 0 aromatic heterocycles. The van der Waals surface area contributed by atoms with E-state index in [2.05, 4.69) is 17.1 Å². The molecular weight excluding hydrogens is 254 g/mol. The first-order chi connectivity index (χ1) is 9.60. The molecule has 1 saturated heterocycles. The van der Waals surface area contributed by atoms with Gasteiger partial charge in [0.25, 0.3) is 0 Å². The van der Waals surface area contributed by atoms with E-state index in [0.717, 1.165) is 6.54 Å². The summed E-state index contributed by atoms with van der Waals surface area (Å²) in [6.45, 7) is 3.62. The predicted octanol–water partition coefficient (Wildman–Crippen LogP) is 2.09. The maximum absolute atomic E-state index is 12.1. The van der Waals surface area contributed by atoms with Crippen LogP contribution in [0.2, 0.25) is 0 Å². The molecule has 1 heterocycles. The van der Waals surface area contributed by atoms with Crippen LogP contribution >= 0.6 is 0 Å². The molecule has 0 bridgehead atoms. The van der Waals surface area contributed by atoms with Crippen molar-refractivity contribution < 1.29 is 9.53 Å². The van der Waals surface area contributed by atoms with E-state index < -0.39 is 0 Å². The van der Waals surface area contributed by atoms with Crippen LogP contribution in [-0.2, 0) is 4.79 Å². The summed E-state index contributed by atoms with van der Waals surface area (Å²) in [5, 5.41) is 2.89. The Morgan fingerprint density at radius 2 is 2.30 bits per heavy atom. The molecular formula is C15H23N3O2. The molecule has 2 rings (SSSR count). The van der Waals surface area contributed by atoms with Crippen molar-refractivity contribution in [2.24, 2.45) is 0 Å². The molecule has 0 saturated carbocycles. The van der Waals surface area contributed by atoms with E-state index in [0.29, 0.717) is 29.7 Å². The molecule has 5 nitrogen and oxygen atoms in total. The van der Waals surface area contributed by atoms with Crippen molar-refractivity contribution in [3.05, 3.63) is 18.2 Å². The molecule has 1 aliphatic rings. The third kappa shape index (κ3) is 3.63. The minimum Gasteiger partial charge on any atom is -0.495 e. The Balaban J connectivity index is 1.92. The molecule has 1 unspecified atom stereocenters. The Bertz CT molecular complexity index is 476. The molecule has 1 aliphatic heterocycles. The molecule has 1 fully saturated rings. The molecule has 20 heavy (non-hydrogen) atoms. The van der Waals surface area contributed by atoms with Gasteiger partial charge in [0, 0.05) is 11.7 Å². The molecule has 1 aromatic rings. The monoisotopic (exact) mass is 277 g/mol.